The number of hydrogen-bond donors (Lipinski definition) is 0. The molecule has 0 spiro atoms. The molecule has 4 heteroatoms. The van der Waals surface area contributed by atoms with E-state index in [2.05, 4.69) is 60.0 Å². The molecule has 0 unspecified atom stereocenters. The summed E-state index contributed by atoms with van der Waals surface area (Å²) in [4.78, 5) is 4.83. The number of benzene rings is 3. The van der Waals surface area contributed by atoms with E-state index in [-0.39, 0.29) is 0 Å². The van der Waals surface area contributed by atoms with Crippen molar-refractivity contribution in [2.24, 2.45) is 0 Å². The lowest BCUT2D eigenvalue weighted by molar-refractivity contribution is 0.722. The smallest absolute Gasteiger partial charge is 0.110 e. The van der Waals surface area contributed by atoms with E-state index < -0.39 is 0 Å². The summed E-state index contributed by atoms with van der Waals surface area (Å²) in [6, 6.07) is 26.7. The van der Waals surface area contributed by atoms with Crippen molar-refractivity contribution >= 4 is 28.2 Å². The van der Waals surface area contributed by atoms with Crippen LogP contribution >= 0.6 is 11.6 Å². The molecule has 0 saturated carbocycles. The molecule has 0 atom stereocenters. The van der Waals surface area contributed by atoms with Crippen molar-refractivity contribution < 1.29 is 0 Å². The summed E-state index contributed by atoms with van der Waals surface area (Å²) in [6.07, 6.45) is 2.02. The van der Waals surface area contributed by atoms with Gasteiger partial charge in [0, 0.05) is 29.1 Å². The van der Waals surface area contributed by atoms with Gasteiger partial charge in [-0.1, -0.05) is 67.1 Å². The van der Waals surface area contributed by atoms with Crippen LogP contribution in [-0.2, 0) is 13.0 Å². The minimum Gasteiger partial charge on any atom is -0.323 e. The van der Waals surface area contributed by atoms with Crippen LogP contribution in [0.4, 0.5) is 0 Å². The molecule has 0 radical (unpaired) electrons. The molecule has 0 amide bonds. The number of rotatable bonds is 6. The lowest BCUT2D eigenvalue weighted by atomic mass is 9.93. The zero-order valence-electron chi connectivity index (χ0n) is 17.8. The second-order valence-corrected chi connectivity index (χ2v) is 8.10. The van der Waals surface area contributed by atoms with Crippen LogP contribution in [0.2, 0.25) is 5.02 Å². The maximum Gasteiger partial charge on any atom is 0.110 e. The van der Waals surface area contributed by atoms with Gasteiger partial charge in [-0.15, -0.1) is 0 Å². The number of allylic oxidation sites excluding steroid dienone is 1. The first-order chi connectivity index (χ1) is 15.1. The molecule has 0 saturated heterocycles. The third-order valence-electron chi connectivity index (χ3n) is 5.47. The number of halogens is 1. The van der Waals surface area contributed by atoms with Gasteiger partial charge in [0.2, 0.25) is 0 Å². The Balaban J connectivity index is 1.69. The Hall–Kier alpha value is -3.35. The fourth-order valence-electron chi connectivity index (χ4n) is 3.95. The van der Waals surface area contributed by atoms with Crippen molar-refractivity contribution in [3.8, 4) is 6.07 Å². The van der Waals surface area contributed by atoms with Gasteiger partial charge in [0.15, 0.2) is 0 Å². The number of fused-ring (bicyclic) bond motifs is 1. The molecule has 0 aliphatic carbocycles. The Morgan fingerprint density at radius 3 is 2.26 bits per heavy atom. The van der Waals surface area contributed by atoms with E-state index in [1.54, 1.807) is 0 Å². The fraction of sp³-hybridized carbons (Fsp3) is 0.185. The molecule has 31 heavy (non-hydrogen) atoms. The molecule has 1 heterocycles. The van der Waals surface area contributed by atoms with Gasteiger partial charge in [0.1, 0.15) is 5.82 Å². The summed E-state index contributed by atoms with van der Waals surface area (Å²) in [6.45, 7) is 4.81. The standard InChI is InChI=1S/C27H24ClN3/c1-3-6-26-30-24-7-4-5-8-25(24)31(26)18-20-9-11-21(12-10-20)27(19(2)17-29)22-13-15-23(28)16-14-22/h4-5,7-16H,3,6,18H2,1-2H3/b27-19-. The van der Waals surface area contributed by atoms with Crippen LogP contribution < -0.4 is 0 Å². The molecule has 0 bridgehead atoms. The Morgan fingerprint density at radius 1 is 0.968 bits per heavy atom. The van der Waals surface area contributed by atoms with E-state index in [1.165, 1.54) is 5.56 Å². The molecule has 0 fully saturated rings. The van der Waals surface area contributed by atoms with Gasteiger partial charge in [-0.25, -0.2) is 4.98 Å². The third-order valence-corrected chi connectivity index (χ3v) is 5.72. The van der Waals surface area contributed by atoms with Crippen LogP contribution in [-0.4, -0.2) is 9.55 Å². The molecular weight excluding hydrogens is 402 g/mol. The van der Waals surface area contributed by atoms with E-state index in [0.29, 0.717) is 10.6 Å². The minimum atomic E-state index is 0.681. The topological polar surface area (TPSA) is 41.6 Å². The van der Waals surface area contributed by atoms with E-state index >= 15 is 0 Å². The predicted molar refractivity (Wildman–Crippen MR) is 128 cm³/mol. The van der Waals surface area contributed by atoms with Crippen molar-refractivity contribution in [2.45, 2.75) is 33.2 Å². The average molecular weight is 426 g/mol. The zero-order valence-corrected chi connectivity index (χ0v) is 18.5. The van der Waals surface area contributed by atoms with Crippen LogP contribution in [0, 0.1) is 11.3 Å². The normalized spacial score (nSPS) is 11.9. The van der Waals surface area contributed by atoms with E-state index in [4.69, 9.17) is 16.6 Å². The number of aryl methyl sites for hydroxylation is 1. The van der Waals surface area contributed by atoms with Gasteiger partial charge in [-0.3, -0.25) is 0 Å². The molecule has 4 aromatic rings. The first kappa shape index (κ1) is 20.9. The molecule has 3 nitrogen and oxygen atoms in total. The lowest BCUT2D eigenvalue weighted by Gasteiger charge is -2.13. The quantitative estimate of drug-likeness (QED) is 0.311. The Bertz CT molecular complexity index is 1270. The van der Waals surface area contributed by atoms with Gasteiger partial charge in [-0.05, 0) is 54.3 Å². The van der Waals surface area contributed by atoms with Gasteiger partial charge < -0.3 is 4.57 Å². The Morgan fingerprint density at radius 2 is 1.61 bits per heavy atom. The highest BCUT2D eigenvalue weighted by Crippen LogP contribution is 2.28. The molecule has 0 N–H and O–H groups in total. The molecule has 4 rings (SSSR count). The highest BCUT2D eigenvalue weighted by atomic mass is 35.5. The number of aromatic nitrogens is 2. The maximum atomic E-state index is 9.55. The summed E-state index contributed by atoms with van der Waals surface area (Å²) in [7, 11) is 0. The number of nitrogens with zero attached hydrogens (tertiary/aromatic N) is 3. The summed E-state index contributed by atoms with van der Waals surface area (Å²) >= 11 is 6.05. The SMILES string of the molecule is CCCc1nc2ccccc2n1Cc1ccc(/C(=C(\C)C#N)c2ccc(Cl)cc2)cc1. The van der Waals surface area contributed by atoms with Crippen LogP contribution in [0.15, 0.2) is 78.4 Å². The van der Waals surface area contributed by atoms with Crippen LogP contribution in [0.5, 0.6) is 0 Å². The van der Waals surface area contributed by atoms with Crippen molar-refractivity contribution in [1.82, 2.24) is 9.55 Å². The third kappa shape index (κ3) is 4.40. The molecule has 1 aromatic heterocycles. The average Bonchev–Trinajstić information content (AvgIpc) is 3.13. The highest BCUT2D eigenvalue weighted by Gasteiger charge is 2.12. The van der Waals surface area contributed by atoms with E-state index in [1.807, 2.05) is 37.3 Å². The fourth-order valence-corrected chi connectivity index (χ4v) is 4.07. The number of imidazole rings is 1. The highest BCUT2D eigenvalue weighted by molar-refractivity contribution is 6.30. The first-order valence-corrected chi connectivity index (χ1v) is 10.9. The van der Waals surface area contributed by atoms with E-state index in [9.17, 15) is 5.26 Å². The van der Waals surface area contributed by atoms with Gasteiger partial charge in [-0.2, -0.15) is 5.26 Å². The summed E-state index contributed by atoms with van der Waals surface area (Å²) in [5.41, 5.74) is 7.04. The summed E-state index contributed by atoms with van der Waals surface area (Å²) in [5.74, 6) is 1.12. The molecule has 3 aromatic carbocycles. The van der Waals surface area contributed by atoms with Crippen LogP contribution in [0.1, 0.15) is 42.8 Å². The molecule has 154 valence electrons. The summed E-state index contributed by atoms with van der Waals surface area (Å²) in [5, 5.41) is 10.2. The minimum absolute atomic E-state index is 0.681. The van der Waals surface area contributed by atoms with Gasteiger partial charge in [0.25, 0.3) is 0 Å². The van der Waals surface area contributed by atoms with Crippen molar-refractivity contribution in [1.29, 1.82) is 5.26 Å². The number of nitriles is 1. The van der Waals surface area contributed by atoms with E-state index in [0.717, 1.165) is 52.9 Å². The lowest BCUT2D eigenvalue weighted by Crippen LogP contribution is -2.05. The second kappa shape index (κ2) is 9.20. The van der Waals surface area contributed by atoms with Gasteiger partial charge in [0.05, 0.1) is 17.1 Å². The molecule has 0 aliphatic heterocycles. The van der Waals surface area contributed by atoms with Crippen molar-refractivity contribution in [3.63, 3.8) is 0 Å². The molecule has 0 aliphatic rings. The molecular formula is C27H24ClN3. The van der Waals surface area contributed by atoms with Crippen LogP contribution in [0.3, 0.4) is 0 Å². The number of hydrogen-bond acceptors (Lipinski definition) is 2. The number of para-hydroxylation sites is 2. The zero-order chi connectivity index (χ0) is 21.8. The van der Waals surface area contributed by atoms with Crippen molar-refractivity contribution in [2.75, 3.05) is 0 Å². The Kier molecular flexibility index (Phi) is 6.21. The maximum absolute atomic E-state index is 9.55. The first-order valence-electron chi connectivity index (χ1n) is 10.5. The van der Waals surface area contributed by atoms with Crippen molar-refractivity contribution in [3.05, 3.63) is 106 Å². The van der Waals surface area contributed by atoms with Crippen LogP contribution in [0.25, 0.3) is 16.6 Å². The second-order valence-electron chi connectivity index (χ2n) is 7.67. The van der Waals surface area contributed by atoms with Gasteiger partial charge >= 0.3 is 0 Å². The summed E-state index contributed by atoms with van der Waals surface area (Å²) < 4.78 is 2.31. The largest absolute Gasteiger partial charge is 0.323 e. The Labute approximate surface area is 188 Å². The predicted octanol–water partition coefficient (Wildman–Crippen LogP) is 7.04. The monoisotopic (exact) mass is 425 g/mol.